The molecule has 0 aromatic heterocycles. The van der Waals surface area contributed by atoms with Gasteiger partial charge in [0.2, 0.25) is 0 Å². The summed E-state index contributed by atoms with van der Waals surface area (Å²) < 4.78 is 0. The first-order valence-corrected chi connectivity index (χ1v) is 5.13. The van der Waals surface area contributed by atoms with Crippen LogP contribution in [0.1, 0.15) is 29.8 Å². The summed E-state index contributed by atoms with van der Waals surface area (Å²) in [5.41, 5.74) is 4.81. The van der Waals surface area contributed by atoms with Crippen LogP contribution in [0.2, 0.25) is 0 Å². The second-order valence-electron chi connectivity index (χ2n) is 2.81. The fraction of sp³-hybridized carbons (Fsp3) is 0.273. The second-order valence-corrected chi connectivity index (χ2v) is 2.81. The molecule has 5 nitrogen and oxygen atoms in total. The molecule has 86 valence electrons. The van der Waals surface area contributed by atoms with Crippen molar-refractivity contribution in [2.45, 2.75) is 13.8 Å². The van der Waals surface area contributed by atoms with Gasteiger partial charge in [-0.25, -0.2) is 0 Å². The van der Waals surface area contributed by atoms with Crippen molar-refractivity contribution in [1.82, 2.24) is 5.32 Å². The molecule has 0 unspecified atom stereocenters. The summed E-state index contributed by atoms with van der Waals surface area (Å²) in [6.45, 7) is 4.00. The Labute approximate surface area is 94.4 Å². The quantitative estimate of drug-likeness (QED) is 0.759. The average molecular weight is 221 g/mol. The summed E-state index contributed by atoms with van der Waals surface area (Å²) in [6, 6.07) is 5.24. The highest BCUT2D eigenvalue weighted by molar-refractivity contribution is 5.97. The number of oxime groups is 1. The number of carbonyl (C=O) groups is 1. The zero-order chi connectivity index (χ0) is 12.0. The van der Waals surface area contributed by atoms with E-state index >= 15 is 0 Å². The molecule has 1 amide bonds. The Bertz CT molecular complexity index is 402. The van der Waals surface area contributed by atoms with Gasteiger partial charge in [-0.15, -0.1) is 0 Å². The molecule has 2 rings (SSSR count). The Kier molecular flexibility index (Phi) is 4.32. The molecule has 0 saturated heterocycles. The third-order valence-electron chi connectivity index (χ3n) is 1.94. The van der Waals surface area contributed by atoms with E-state index in [2.05, 4.69) is 20.9 Å². The molecule has 16 heavy (non-hydrogen) atoms. The molecule has 0 bridgehead atoms. The minimum absolute atomic E-state index is 0.128. The van der Waals surface area contributed by atoms with Crippen LogP contribution in [0.3, 0.4) is 0 Å². The van der Waals surface area contributed by atoms with Gasteiger partial charge in [-0.2, -0.15) is 5.48 Å². The number of nitrogens with one attached hydrogen (secondary N) is 2. The number of fused-ring (bicyclic) bond motifs is 1. The van der Waals surface area contributed by atoms with Crippen LogP contribution in [-0.2, 0) is 4.94 Å². The lowest BCUT2D eigenvalue weighted by molar-refractivity contribution is 0.0963. The number of nitrogens with zero attached hydrogens (tertiary/aromatic N) is 1. The number of carbonyl (C=O) groups excluding carboxylic acids is 1. The van der Waals surface area contributed by atoms with E-state index in [0.29, 0.717) is 5.56 Å². The predicted octanol–water partition coefficient (Wildman–Crippen LogP) is 1.76. The lowest BCUT2D eigenvalue weighted by Crippen LogP contribution is -2.18. The highest BCUT2D eigenvalue weighted by atomic mass is 16.8. The number of benzene rings is 1. The van der Waals surface area contributed by atoms with Crippen LogP contribution in [0, 0.1) is 0 Å². The summed E-state index contributed by atoms with van der Waals surface area (Å²) in [7, 11) is 1.59. The van der Waals surface area contributed by atoms with E-state index in [0.717, 1.165) is 11.3 Å². The molecule has 1 aliphatic rings. The summed E-state index contributed by atoms with van der Waals surface area (Å²) in [5.74, 6) is -0.128. The lowest BCUT2D eigenvalue weighted by Gasteiger charge is -2.11. The molecule has 1 aliphatic heterocycles. The zero-order valence-electron chi connectivity index (χ0n) is 9.57. The van der Waals surface area contributed by atoms with Crippen LogP contribution >= 0.6 is 0 Å². The molecule has 1 heterocycles. The van der Waals surface area contributed by atoms with Crippen molar-refractivity contribution in [3.8, 4) is 0 Å². The Morgan fingerprint density at radius 3 is 2.88 bits per heavy atom. The van der Waals surface area contributed by atoms with Gasteiger partial charge >= 0.3 is 0 Å². The van der Waals surface area contributed by atoms with Gasteiger partial charge in [-0.05, 0) is 12.1 Å². The maximum absolute atomic E-state index is 11.3. The second kappa shape index (κ2) is 5.75. The summed E-state index contributed by atoms with van der Waals surface area (Å²) in [5, 5.41) is 6.12. The molecule has 2 N–H and O–H groups in total. The smallest absolute Gasteiger partial charge is 0.251 e. The van der Waals surface area contributed by atoms with Crippen molar-refractivity contribution in [3.63, 3.8) is 0 Å². The maximum atomic E-state index is 11.3. The van der Waals surface area contributed by atoms with Gasteiger partial charge in [0.05, 0.1) is 11.9 Å². The van der Waals surface area contributed by atoms with Gasteiger partial charge in [0.1, 0.15) is 0 Å². The van der Waals surface area contributed by atoms with E-state index in [-0.39, 0.29) is 5.91 Å². The van der Waals surface area contributed by atoms with Gasteiger partial charge < -0.3 is 5.32 Å². The molecule has 1 aromatic rings. The normalized spacial score (nSPS) is 11.2. The summed E-state index contributed by atoms with van der Waals surface area (Å²) in [4.78, 5) is 15.9. The van der Waals surface area contributed by atoms with Crippen molar-refractivity contribution in [2.75, 3.05) is 12.5 Å². The van der Waals surface area contributed by atoms with Crippen molar-refractivity contribution in [2.24, 2.45) is 5.16 Å². The van der Waals surface area contributed by atoms with Crippen LogP contribution < -0.4 is 10.8 Å². The SMILES string of the molecule is CC.CNC(=O)c1ccc2c(c1)NON=C2. The van der Waals surface area contributed by atoms with Gasteiger partial charge in [-0.1, -0.05) is 25.1 Å². The Morgan fingerprint density at radius 2 is 2.19 bits per heavy atom. The fourth-order valence-corrected chi connectivity index (χ4v) is 1.20. The van der Waals surface area contributed by atoms with Crippen LogP contribution in [0.15, 0.2) is 23.4 Å². The van der Waals surface area contributed by atoms with Crippen molar-refractivity contribution in [3.05, 3.63) is 29.3 Å². The molecular formula is C11H15N3O2. The number of hydrogen-bond acceptors (Lipinski definition) is 4. The van der Waals surface area contributed by atoms with Crippen LogP contribution in [-0.4, -0.2) is 19.2 Å². The highest BCUT2D eigenvalue weighted by Gasteiger charge is 2.09. The van der Waals surface area contributed by atoms with Crippen LogP contribution in [0.25, 0.3) is 0 Å². The van der Waals surface area contributed by atoms with Crippen LogP contribution in [0.5, 0.6) is 0 Å². The summed E-state index contributed by atoms with van der Waals surface area (Å²) >= 11 is 0. The topological polar surface area (TPSA) is 62.7 Å². The van der Waals surface area contributed by atoms with E-state index in [4.69, 9.17) is 0 Å². The molecule has 0 radical (unpaired) electrons. The Balaban J connectivity index is 0.000000606. The number of rotatable bonds is 1. The van der Waals surface area contributed by atoms with Gasteiger partial charge in [0.25, 0.3) is 5.91 Å². The largest absolute Gasteiger partial charge is 0.355 e. The van der Waals surface area contributed by atoms with Crippen LogP contribution in [0.4, 0.5) is 5.69 Å². The van der Waals surface area contributed by atoms with E-state index in [1.807, 2.05) is 13.8 Å². The van der Waals surface area contributed by atoms with Crippen molar-refractivity contribution < 1.29 is 9.73 Å². The monoisotopic (exact) mass is 221 g/mol. The summed E-state index contributed by atoms with van der Waals surface area (Å²) in [6.07, 6.45) is 1.58. The first-order valence-electron chi connectivity index (χ1n) is 5.13. The zero-order valence-corrected chi connectivity index (χ0v) is 9.57. The van der Waals surface area contributed by atoms with E-state index < -0.39 is 0 Å². The first-order chi connectivity index (χ1) is 7.81. The standard InChI is InChI=1S/C9H9N3O2.C2H6/c1-10-9(13)6-2-3-7-5-11-14-12-8(7)4-6;1-2/h2-5,12H,1H3,(H,10,13);1-2H3. The minimum Gasteiger partial charge on any atom is -0.355 e. The minimum atomic E-state index is -0.128. The third-order valence-corrected chi connectivity index (χ3v) is 1.94. The molecular weight excluding hydrogens is 206 g/mol. The first kappa shape index (κ1) is 12.0. The lowest BCUT2D eigenvalue weighted by atomic mass is 10.1. The van der Waals surface area contributed by atoms with Gasteiger partial charge in [0.15, 0.2) is 0 Å². The molecule has 5 heteroatoms. The van der Waals surface area contributed by atoms with Gasteiger partial charge in [0, 0.05) is 18.2 Å². The number of amides is 1. The van der Waals surface area contributed by atoms with E-state index in [1.165, 1.54) is 0 Å². The van der Waals surface area contributed by atoms with Crippen molar-refractivity contribution in [1.29, 1.82) is 0 Å². The number of hydrogen-bond donors (Lipinski definition) is 2. The molecule has 0 spiro atoms. The van der Waals surface area contributed by atoms with E-state index in [1.54, 1.807) is 31.5 Å². The molecule has 0 saturated carbocycles. The molecule has 0 aliphatic carbocycles. The van der Waals surface area contributed by atoms with E-state index in [9.17, 15) is 4.79 Å². The molecule has 1 aromatic carbocycles. The fourth-order valence-electron chi connectivity index (χ4n) is 1.20. The number of anilines is 1. The maximum Gasteiger partial charge on any atom is 0.251 e. The molecule has 0 atom stereocenters. The van der Waals surface area contributed by atoms with Crippen molar-refractivity contribution >= 4 is 17.8 Å². The highest BCUT2D eigenvalue weighted by Crippen LogP contribution is 2.18. The van der Waals surface area contributed by atoms with Gasteiger partial charge in [-0.3, -0.25) is 9.73 Å². The Hall–Kier alpha value is -2.04. The predicted molar refractivity (Wildman–Crippen MR) is 63.5 cm³/mol. The molecule has 0 fully saturated rings. The Morgan fingerprint density at radius 1 is 1.44 bits per heavy atom. The third kappa shape index (κ3) is 2.50. The average Bonchev–Trinajstić information content (AvgIpc) is 2.39.